The minimum atomic E-state index is 0. The average molecular weight is 376 g/mol. The maximum atomic E-state index is 12.5. The molecule has 2 atom stereocenters. The summed E-state index contributed by atoms with van der Waals surface area (Å²) >= 11 is 0. The molecule has 8 heteroatoms. The summed E-state index contributed by atoms with van der Waals surface area (Å²) in [6, 6.07) is 0.288. The van der Waals surface area contributed by atoms with Gasteiger partial charge >= 0.3 is 0 Å². The number of amides is 1. The molecule has 2 aliphatic rings. The van der Waals surface area contributed by atoms with Crippen molar-refractivity contribution in [3.05, 3.63) is 18.6 Å². The molecule has 1 aliphatic carbocycles. The first-order chi connectivity index (χ1) is 10.8. The van der Waals surface area contributed by atoms with Crippen LogP contribution >= 0.6 is 24.8 Å². The van der Waals surface area contributed by atoms with E-state index in [0.29, 0.717) is 12.5 Å². The molecule has 2 fully saturated rings. The van der Waals surface area contributed by atoms with Crippen LogP contribution in [-0.4, -0.2) is 41.6 Å². The van der Waals surface area contributed by atoms with E-state index >= 15 is 0 Å². The summed E-state index contributed by atoms with van der Waals surface area (Å²) in [6.45, 7) is 2.40. The highest BCUT2D eigenvalue weighted by atomic mass is 35.5. The largest absolute Gasteiger partial charge is 0.355 e. The van der Waals surface area contributed by atoms with Crippen LogP contribution in [0.3, 0.4) is 0 Å². The highest BCUT2D eigenvalue weighted by Gasteiger charge is 2.31. The van der Waals surface area contributed by atoms with Gasteiger partial charge in [-0.15, -0.1) is 24.8 Å². The topological polar surface area (TPSA) is 84.1 Å². The van der Waals surface area contributed by atoms with Crippen LogP contribution in [0.1, 0.15) is 32.1 Å². The number of carbonyl (C=O) groups excluding carboxylic acids is 1. The highest BCUT2D eigenvalue weighted by Crippen LogP contribution is 2.26. The van der Waals surface area contributed by atoms with Crippen LogP contribution in [0.15, 0.2) is 18.6 Å². The molecule has 0 radical (unpaired) electrons. The summed E-state index contributed by atoms with van der Waals surface area (Å²) in [7, 11) is 0. The van der Waals surface area contributed by atoms with Gasteiger partial charge < -0.3 is 16.0 Å². The number of halogens is 2. The summed E-state index contributed by atoms with van der Waals surface area (Å²) in [6.07, 6.45) is 10.3. The summed E-state index contributed by atoms with van der Waals surface area (Å²) in [5.74, 6) is 1.69. The van der Waals surface area contributed by atoms with Crippen LogP contribution in [0, 0.1) is 11.8 Å². The molecule has 0 aromatic carbocycles. The van der Waals surface area contributed by atoms with Crippen molar-refractivity contribution in [2.75, 3.05) is 24.5 Å². The number of hydrogen-bond acceptors (Lipinski definition) is 5. The fraction of sp³-hybridized carbons (Fsp3) is 0.688. The zero-order chi connectivity index (χ0) is 15.4. The van der Waals surface area contributed by atoms with Gasteiger partial charge in [0.15, 0.2) is 0 Å². The van der Waals surface area contributed by atoms with Gasteiger partial charge in [-0.05, 0) is 38.1 Å². The zero-order valence-electron chi connectivity index (χ0n) is 13.8. The number of anilines is 1. The fourth-order valence-electron chi connectivity index (χ4n) is 3.63. The zero-order valence-corrected chi connectivity index (χ0v) is 15.4. The lowest BCUT2D eigenvalue weighted by atomic mass is 9.94. The van der Waals surface area contributed by atoms with Gasteiger partial charge in [-0.25, -0.2) is 4.98 Å². The van der Waals surface area contributed by atoms with Crippen molar-refractivity contribution >= 4 is 36.5 Å². The molecule has 136 valence electrons. The Morgan fingerprint density at radius 2 is 1.96 bits per heavy atom. The first-order valence-corrected chi connectivity index (χ1v) is 8.29. The monoisotopic (exact) mass is 375 g/mol. The Labute approximate surface area is 155 Å². The second kappa shape index (κ2) is 10.0. The van der Waals surface area contributed by atoms with Crippen molar-refractivity contribution in [1.29, 1.82) is 0 Å². The SMILES string of the molecule is Cl.Cl.NCC1CCCC1NC(=O)C1CCN(c2cnccn2)CC1. The Morgan fingerprint density at radius 1 is 1.21 bits per heavy atom. The Kier molecular flexibility index (Phi) is 8.73. The van der Waals surface area contributed by atoms with Crippen LogP contribution in [0.2, 0.25) is 0 Å². The van der Waals surface area contributed by atoms with E-state index in [1.165, 1.54) is 6.42 Å². The van der Waals surface area contributed by atoms with Crippen LogP contribution in [0.5, 0.6) is 0 Å². The van der Waals surface area contributed by atoms with Gasteiger partial charge in [-0.2, -0.15) is 0 Å². The van der Waals surface area contributed by atoms with Crippen molar-refractivity contribution in [2.24, 2.45) is 17.6 Å². The minimum Gasteiger partial charge on any atom is -0.355 e. The molecule has 1 aromatic heterocycles. The molecule has 2 unspecified atom stereocenters. The van der Waals surface area contributed by atoms with E-state index in [1.807, 2.05) is 0 Å². The van der Waals surface area contributed by atoms with Gasteiger partial charge in [0.1, 0.15) is 5.82 Å². The van der Waals surface area contributed by atoms with E-state index in [9.17, 15) is 4.79 Å². The van der Waals surface area contributed by atoms with E-state index in [0.717, 1.165) is 44.6 Å². The molecule has 6 nitrogen and oxygen atoms in total. The van der Waals surface area contributed by atoms with Gasteiger partial charge in [-0.3, -0.25) is 9.78 Å². The van der Waals surface area contributed by atoms with Crippen molar-refractivity contribution < 1.29 is 4.79 Å². The number of hydrogen-bond donors (Lipinski definition) is 2. The third kappa shape index (κ3) is 4.94. The molecule has 2 heterocycles. The summed E-state index contributed by atoms with van der Waals surface area (Å²) in [5.41, 5.74) is 5.79. The predicted octanol–water partition coefficient (Wildman–Crippen LogP) is 1.78. The minimum absolute atomic E-state index is 0. The maximum absolute atomic E-state index is 12.5. The van der Waals surface area contributed by atoms with E-state index in [4.69, 9.17) is 5.73 Å². The lowest BCUT2D eigenvalue weighted by molar-refractivity contribution is -0.126. The number of nitrogens with one attached hydrogen (secondary N) is 1. The highest BCUT2D eigenvalue weighted by molar-refractivity contribution is 5.85. The molecule has 0 spiro atoms. The van der Waals surface area contributed by atoms with E-state index in [2.05, 4.69) is 20.2 Å². The van der Waals surface area contributed by atoms with E-state index < -0.39 is 0 Å². The second-order valence-corrected chi connectivity index (χ2v) is 6.37. The van der Waals surface area contributed by atoms with Crippen LogP contribution in [0.25, 0.3) is 0 Å². The molecule has 3 N–H and O–H groups in total. The van der Waals surface area contributed by atoms with Crippen molar-refractivity contribution in [3.63, 3.8) is 0 Å². The predicted molar refractivity (Wildman–Crippen MR) is 99.8 cm³/mol. The summed E-state index contributed by atoms with van der Waals surface area (Å²) in [5, 5.41) is 3.24. The Bertz CT molecular complexity index is 497. The molecule has 3 rings (SSSR count). The lowest BCUT2D eigenvalue weighted by Crippen LogP contribution is -2.46. The van der Waals surface area contributed by atoms with Crippen LogP contribution in [0.4, 0.5) is 5.82 Å². The first kappa shape index (κ1) is 20.9. The Hall–Kier alpha value is -1.11. The summed E-state index contributed by atoms with van der Waals surface area (Å²) < 4.78 is 0. The normalized spacial score (nSPS) is 24.0. The third-order valence-corrected chi connectivity index (χ3v) is 5.03. The number of piperidine rings is 1. The Morgan fingerprint density at radius 3 is 2.58 bits per heavy atom. The maximum Gasteiger partial charge on any atom is 0.223 e. The molecule has 1 aromatic rings. The third-order valence-electron chi connectivity index (χ3n) is 5.03. The molecule has 0 bridgehead atoms. The number of nitrogens with zero attached hydrogens (tertiary/aromatic N) is 3. The molecule has 24 heavy (non-hydrogen) atoms. The van der Waals surface area contributed by atoms with Crippen molar-refractivity contribution in [3.8, 4) is 0 Å². The molecular weight excluding hydrogens is 349 g/mol. The lowest BCUT2D eigenvalue weighted by Gasteiger charge is -2.32. The number of aromatic nitrogens is 2. The van der Waals surface area contributed by atoms with Crippen LogP contribution in [-0.2, 0) is 4.79 Å². The number of nitrogens with two attached hydrogens (primary N) is 1. The second-order valence-electron chi connectivity index (χ2n) is 6.37. The van der Waals surface area contributed by atoms with Gasteiger partial charge in [0.25, 0.3) is 0 Å². The molecular formula is C16H27Cl2N5O. The van der Waals surface area contributed by atoms with Gasteiger partial charge in [-0.1, -0.05) is 6.42 Å². The summed E-state index contributed by atoms with van der Waals surface area (Å²) in [4.78, 5) is 23.1. The van der Waals surface area contributed by atoms with Crippen LogP contribution < -0.4 is 16.0 Å². The standard InChI is InChI=1S/C16H25N5O.2ClH/c17-10-13-2-1-3-14(13)20-16(22)12-4-8-21(9-5-12)15-11-18-6-7-19-15;;/h6-7,11-14H,1-5,8-10,17H2,(H,20,22);2*1H. The quantitative estimate of drug-likeness (QED) is 0.837. The van der Waals surface area contributed by atoms with Crippen molar-refractivity contribution in [2.45, 2.75) is 38.1 Å². The van der Waals surface area contributed by atoms with Gasteiger partial charge in [0.2, 0.25) is 5.91 Å². The first-order valence-electron chi connectivity index (χ1n) is 8.29. The average Bonchev–Trinajstić information content (AvgIpc) is 3.03. The number of rotatable bonds is 4. The molecule has 1 saturated carbocycles. The molecule has 1 amide bonds. The number of carbonyl (C=O) groups is 1. The van der Waals surface area contributed by atoms with E-state index in [1.54, 1.807) is 18.6 Å². The fourth-order valence-corrected chi connectivity index (χ4v) is 3.63. The Balaban J connectivity index is 0.00000144. The van der Waals surface area contributed by atoms with Crippen molar-refractivity contribution in [1.82, 2.24) is 15.3 Å². The van der Waals surface area contributed by atoms with Gasteiger partial charge in [0, 0.05) is 37.4 Å². The van der Waals surface area contributed by atoms with E-state index in [-0.39, 0.29) is 42.7 Å². The smallest absolute Gasteiger partial charge is 0.223 e. The molecule has 1 saturated heterocycles. The van der Waals surface area contributed by atoms with Gasteiger partial charge in [0.05, 0.1) is 6.20 Å². The molecule has 1 aliphatic heterocycles.